The Hall–Kier alpha value is -1.01. The van der Waals surface area contributed by atoms with Gasteiger partial charge in [0.15, 0.2) is 0 Å². The molecule has 1 N–H and O–H groups in total. The minimum Gasteiger partial charge on any atom is -0.355 e. The summed E-state index contributed by atoms with van der Waals surface area (Å²) in [7, 11) is 0. The Morgan fingerprint density at radius 1 is 1.45 bits per heavy atom. The molecule has 0 spiro atoms. The van der Waals surface area contributed by atoms with Crippen molar-refractivity contribution in [2.75, 3.05) is 26.2 Å². The van der Waals surface area contributed by atoms with Crippen LogP contribution in [0.2, 0.25) is 0 Å². The number of halogens is 2. The van der Waals surface area contributed by atoms with E-state index in [9.17, 15) is 13.6 Å². The van der Waals surface area contributed by atoms with Crippen LogP contribution in [0.25, 0.3) is 0 Å². The molecule has 1 aromatic heterocycles. The second kappa shape index (κ2) is 7.69. The van der Waals surface area contributed by atoms with E-state index < -0.39 is 6.43 Å². The first-order valence-corrected chi connectivity index (χ1v) is 7.83. The van der Waals surface area contributed by atoms with Crippen LogP contribution in [0.5, 0.6) is 0 Å². The van der Waals surface area contributed by atoms with Gasteiger partial charge in [0, 0.05) is 17.3 Å². The molecule has 0 saturated carbocycles. The average molecular weight is 302 g/mol. The summed E-state index contributed by atoms with van der Waals surface area (Å²) < 4.78 is 24.5. The highest BCUT2D eigenvalue weighted by atomic mass is 32.1. The molecule has 1 saturated heterocycles. The fourth-order valence-corrected chi connectivity index (χ4v) is 3.19. The first kappa shape index (κ1) is 15.4. The zero-order valence-electron chi connectivity index (χ0n) is 11.4. The first-order chi connectivity index (χ1) is 9.65. The van der Waals surface area contributed by atoms with Crippen LogP contribution in [-0.4, -0.2) is 43.4 Å². The van der Waals surface area contributed by atoms with Crippen molar-refractivity contribution in [1.82, 2.24) is 10.2 Å². The summed E-state index contributed by atoms with van der Waals surface area (Å²) in [5, 5.41) is 4.97. The zero-order chi connectivity index (χ0) is 14.4. The molecule has 20 heavy (non-hydrogen) atoms. The van der Waals surface area contributed by atoms with E-state index in [4.69, 9.17) is 0 Å². The lowest BCUT2D eigenvalue weighted by Gasteiger charge is -2.30. The van der Waals surface area contributed by atoms with Gasteiger partial charge in [0.05, 0.1) is 6.54 Å². The second-order valence-corrected chi connectivity index (χ2v) is 6.12. The summed E-state index contributed by atoms with van der Waals surface area (Å²) in [4.78, 5) is 15.0. The molecule has 0 aromatic carbocycles. The Bertz CT molecular complexity index is 403. The van der Waals surface area contributed by atoms with Crippen molar-refractivity contribution >= 4 is 17.2 Å². The van der Waals surface area contributed by atoms with Crippen LogP contribution in [0.3, 0.4) is 0 Å². The molecule has 0 bridgehead atoms. The van der Waals surface area contributed by atoms with Crippen molar-refractivity contribution in [3.8, 4) is 0 Å². The molecule has 0 unspecified atom stereocenters. The molecule has 0 aliphatic carbocycles. The molecular weight excluding hydrogens is 282 g/mol. The number of amides is 1. The Labute approximate surface area is 122 Å². The summed E-state index contributed by atoms with van der Waals surface area (Å²) >= 11 is 1.69. The monoisotopic (exact) mass is 302 g/mol. The number of nitrogens with zero attached hydrogens (tertiary/aromatic N) is 1. The van der Waals surface area contributed by atoms with Gasteiger partial charge in [-0.05, 0) is 43.8 Å². The number of carbonyl (C=O) groups is 1. The lowest BCUT2D eigenvalue weighted by atomic mass is 9.96. The number of alkyl halides is 2. The highest BCUT2D eigenvalue weighted by Crippen LogP contribution is 2.18. The maximum atomic E-state index is 12.3. The molecule has 0 radical (unpaired) electrons. The van der Waals surface area contributed by atoms with E-state index in [1.807, 2.05) is 11.4 Å². The minimum atomic E-state index is -2.29. The number of nitrogens with one attached hydrogen (secondary N) is 1. The van der Waals surface area contributed by atoms with Crippen molar-refractivity contribution in [3.05, 3.63) is 22.4 Å². The van der Waals surface area contributed by atoms with Crippen molar-refractivity contribution in [2.45, 2.75) is 25.7 Å². The topological polar surface area (TPSA) is 32.3 Å². The molecule has 2 rings (SSSR count). The van der Waals surface area contributed by atoms with E-state index >= 15 is 0 Å². The van der Waals surface area contributed by atoms with Crippen molar-refractivity contribution in [3.63, 3.8) is 0 Å². The Kier molecular flexibility index (Phi) is 5.91. The van der Waals surface area contributed by atoms with Gasteiger partial charge in [0.1, 0.15) is 0 Å². The maximum absolute atomic E-state index is 12.3. The fourth-order valence-electron chi connectivity index (χ4n) is 2.48. The third-order valence-electron chi connectivity index (χ3n) is 3.61. The van der Waals surface area contributed by atoms with Crippen LogP contribution < -0.4 is 5.32 Å². The molecule has 2 heterocycles. The summed E-state index contributed by atoms with van der Waals surface area (Å²) in [6, 6.07) is 4.06. The summed E-state index contributed by atoms with van der Waals surface area (Å²) in [5.41, 5.74) is 0. The quantitative estimate of drug-likeness (QED) is 0.875. The van der Waals surface area contributed by atoms with E-state index in [1.54, 1.807) is 16.2 Å². The second-order valence-electron chi connectivity index (χ2n) is 5.09. The van der Waals surface area contributed by atoms with Gasteiger partial charge in [0.2, 0.25) is 5.91 Å². The van der Waals surface area contributed by atoms with E-state index in [0.29, 0.717) is 32.5 Å². The van der Waals surface area contributed by atoms with E-state index in [2.05, 4.69) is 11.4 Å². The summed E-state index contributed by atoms with van der Waals surface area (Å²) in [6.45, 7) is 1.66. The molecule has 1 aromatic rings. The van der Waals surface area contributed by atoms with E-state index in [0.717, 1.165) is 6.42 Å². The van der Waals surface area contributed by atoms with Crippen molar-refractivity contribution < 1.29 is 13.6 Å². The van der Waals surface area contributed by atoms with Crippen LogP contribution in [0, 0.1) is 5.92 Å². The minimum absolute atomic E-state index is 0.0211. The molecule has 1 aliphatic heterocycles. The molecule has 1 fully saturated rings. The molecule has 6 heteroatoms. The number of piperidine rings is 1. The van der Waals surface area contributed by atoms with Gasteiger partial charge < -0.3 is 5.32 Å². The predicted molar refractivity (Wildman–Crippen MR) is 76.2 cm³/mol. The Morgan fingerprint density at radius 2 is 2.20 bits per heavy atom. The fraction of sp³-hybridized carbons (Fsp3) is 0.643. The average Bonchev–Trinajstić information content (AvgIpc) is 2.92. The molecule has 1 aliphatic rings. The van der Waals surface area contributed by atoms with Gasteiger partial charge in [-0.3, -0.25) is 9.69 Å². The van der Waals surface area contributed by atoms with Gasteiger partial charge in [0.25, 0.3) is 6.43 Å². The maximum Gasteiger partial charge on any atom is 0.251 e. The molecular formula is C14H20F2N2OS. The lowest BCUT2D eigenvalue weighted by Crippen LogP contribution is -2.42. The number of hydrogen-bond donors (Lipinski definition) is 1. The van der Waals surface area contributed by atoms with Crippen LogP contribution in [0.15, 0.2) is 17.5 Å². The number of hydrogen-bond acceptors (Lipinski definition) is 3. The van der Waals surface area contributed by atoms with Crippen LogP contribution in [0.4, 0.5) is 8.78 Å². The summed E-state index contributed by atoms with van der Waals surface area (Å²) in [6.07, 6.45) is -0.0749. The Morgan fingerprint density at radius 3 is 2.80 bits per heavy atom. The van der Waals surface area contributed by atoms with Gasteiger partial charge in [-0.15, -0.1) is 11.3 Å². The highest BCUT2D eigenvalue weighted by molar-refractivity contribution is 7.09. The van der Waals surface area contributed by atoms with Gasteiger partial charge in [-0.2, -0.15) is 0 Å². The van der Waals surface area contributed by atoms with Crippen molar-refractivity contribution in [2.24, 2.45) is 5.92 Å². The van der Waals surface area contributed by atoms with E-state index in [-0.39, 0.29) is 18.4 Å². The largest absolute Gasteiger partial charge is 0.355 e. The number of rotatable bonds is 6. The highest BCUT2D eigenvalue weighted by Gasteiger charge is 2.25. The van der Waals surface area contributed by atoms with Gasteiger partial charge in [-0.25, -0.2) is 8.78 Å². The smallest absolute Gasteiger partial charge is 0.251 e. The standard InChI is InChI=1S/C14H20F2N2OS/c15-13(16)10-18-7-4-11(5-8-18)14(19)17-6-3-12-2-1-9-20-12/h1-2,9,11,13H,3-8,10H2,(H,17,19). The number of thiophene rings is 1. The van der Waals surface area contributed by atoms with Gasteiger partial charge >= 0.3 is 0 Å². The van der Waals surface area contributed by atoms with Gasteiger partial charge in [-0.1, -0.05) is 6.07 Å². The zero-order valence-corrected chi connectivity index (χ0v) is 12.2. The third-order valence-corrected chi connectivity index (χ3v) is 4.54. The molecule has 3 nitrogen and oxygen atoms in total. The SMILES string of the molecule is O=C(NCCc1cccs1)C1CCN(CC(F)F)CC1. The predicted octanol–water partition coefficient (Wildman–Crippen LogP) is 2.38. The number of likely N-dealkylation sites (tertiary alicyclic amines) is 1. The molecule has 0 atom stereocenters. The number of carbonyl (C=O) groups excluding carboxylic acids is 1. The van der Waals surface area contributed by atoms with Crippen molar-refractivity contribution in [1.29, 1.82) is 0 Å². The summed E-state index contributed by atoms with van der Waals surface area (Å²) in [5.74, 6) is 0.0468. The Balaban J connectivity index is 1.64. The van der Waals surface area contributed by atoms with Crippen LogP contribution in [0.1, 0.15) is 17.7 Å². The molecule has 112 valence electrons. The van der Waals surface area contributed by atoms with E-state index in [1.165, 1.54) is 4.88 Å². The molecule has 1 amide bonds. The third kappa shape index (κ3) is 4.83. The van der Waals surface area contributed by atoms with Crippen LogP contribution >= 0.6 is 11.3 Å². The lowest BCUT2D eigenvalue weighted by molar-refractivity contribution is -0.126. The normalized spacial score (nSPS) is 17.6. The van der Waals surface area contributed by atoms with Crippen LogP contribution in [-0.2, 0) is 11.2 Å². The first-order valence-electron chi connectivity index (χ1n) is 6.95.